The van der Waals surface area contributed by atoms with Crippen molar-refractivity contribution in [3.8, 4) is 28.3 Å². The Hall–Kier alpha value is -3.54. The predicted octanol–water partition coefficient (Wildman–Crippen LogP) is 5.34. The van der Waals surface area contributed by atoms with Crippen LogP contribution in [0, 0.1) is 0 Å². The van der Waals surface area contributed by atoms with Gasteiger partial charge < -0.3 is 4.74 Å². The third-order valence-electron chi connectivity index (χ3n) is 6.01. The highest BCUT2D eigenvalue weighted by Gasteiger charge is 2.17. The molecule has 0 saturated carbocycles. The second-order valence-corrected chi connectivity index (χ2v) is 8.28. The zero-order valence-electron chi connectivity index (χ0n) is 18.3. The van der Waals surface area contributed by atoms with E-state index in [0.717, 1.165) is 59.4 Å². The van der Waals surface area contributed by atoms with E-state index < -0.39 is 0 Å². The fourth-order valence-electron chi connectivity index (χ4n) is 4.39. The molecule has 4 aromatic rings. The lowest BCUT2D eigenvalue weighted by molar-refractivity contribution is 0.300. The van der Waals surface area contributed by atoms with Crippen molar-refractivity contribution in [3.05, 3.63) is 77.1 Å². The molecule has 0 saturated heterocycles. The first-order valence-corrected chi connectivity index (χ1v) is 11.4. The number of rotatable bonds is 7. The molecule has 0 bridgehead atoms. The number of benzene rings is 2. The van der Waals surface area contributed by atoms with Crippen LogP contribution < -0.4 is 4.74 Å². The Kier molecular flexibility index (Phi) is 5.92. The van der Waals surface area contributed by atoms with Crippen LogP contribution >= 0.6 is 0 Å². The summed E-state index contributed by atoms with van der Waals surface area (Å²) in [5.74, 6) is 1.68. The van der Waals surface area contributed by atoms with Gasteiger partial charge in [0.25, 0.3) is 0 Å². The minimum atomic E-state index is 0.552. The van der Waals surface area contributed by atoms with Crippen LogP contribution in [0.3, 0.4) is 0 Å². The maximum Gasteiger partial charge on any atom is 0.180 e. The number of aromatic nitrogens is 5. The summed E-state index contributed by atoms with van der Waals surface area (Å²) >= 11 is 0. The van der Waals surface area contributed by atoms with Gasteiger partial charge in [-0.3, -0.25) is 4.98 Å². The largest absolute Gasteiger partial charge is 0.488 e. The molecule has 0 fully saturated rings. The summed E-state index contributed by atoms with van der Waals surface area (Å²) in [6, 6.07) is 18.8. The molecule has 0 atom stereocenters. The molecule has 2 aromatic carbocycles. The van der Waals surface area contributed by atoms with E-state index >= 15 is 0 Å². The smallest absolute Gasteiger partial charge is 0.180 e. The van der Waals surface area contributed by atoms with Crippen LogP contribution in [-0.4, -0.2) is 25.6 Å². The molecule has 1 aliphatic rings. The molecule has 162 valence electrons. The quantitative estimate of drug-likeness (QED) is 0.432. The van der Waals surface area contributed by atoms with Crippen LogP contribution in [-0.2, 0) is 25.9 Å². The van der Waals surface area contributed by atoms with Gasteiger partial charge in [0.15, 0.2) is 5.82 Å². The highest BCUT2D eigenvalue weighted by atomic mass is 16.5. The van der Waals surface area contributed by atoms with Crippen molar-refractivity contribution < 1.29 is 4.74 Å². The molecule has 32 heavy (non-hydrogen) atoms. The monoisotopic (exact) mass is 425 g/mol. The molecule has 1 N–H and O–H groups in total. The molecule has 0 spiro atoms. The van der Waals surface area contributed by atoms with E-state index in [0.29, 0.717) is 12.4 Å². The topological polar surface area (TPSA) is 76.6 Å². The first-order valence-electron chi connectivity index (χ1n) is 11.4. The molecular formula is C26H27N5O. The second kappa shape index (κ2) is 9.30. The lowest BCUT2D eigenvalue weighted by Crippen LogP contribution is -2.10. The molecule has 1 aliphatic carbocycles. The lowest BCUT2D eigenvalue weighted by Gasteiger charge is -2.20. The van der Waals surface area contributed by atoms with E-state index in [4.69, 9.17) is 9.72 Å². The van der Waals surface area contributed by atoms with Crippen molar-refractivity contribution in [2.45, 2.75) is 52.1 Å². The minimum Gasteiger partial charge on any atom is -0.488 e. The van der Waals surface area contributed by atoms with E-state index in [1.807, 2.05) is 18.2 Å². The summed E-state index contributed by atoms with van der Waals surface area (Å²) in [5.41, 5.74) is 8.03. The fourth-order valence-corrected chi connectivity index (χ4v) is 4.39. The Morgan fingerprint density at radius 1 is 0.969 bits per heavy atom. The van der Waals surface area contributed by atoms with Crippen LogP contribution in [0.15, 0.2) is 54.6 Å². The molecule has 6 nitrogen and oxygen atoms in total. The first-order chi connectivity index (χ1) is 15.8. The highest BCUT2D eigenvalue weighted by molar-refractivity contribution is 5.80. The maximum atomic E-state index is 6.33. The summed E-state index contributed by atoms with van der Waals surface area (Å²) in [6.07, 6.45) is 6.67. The fraction of sp³-hybridized carbons (Fsp3) is 0.308. The Balaban J connectivity index is 1.35. The maximum absolute atomic E-state index is 6.33. The summed E-state index contributed by atoms with van der Waals surface area (Å²) in [5, 5.41) is 14.3. The second-order valence-electron chi connectivity index (χ2n) is 8.28. The normalized spacial score (nSPS) is 13.0. The van der Waals surface area contributed by atoms with Crippen molar-refractivity contribution in [2.24, 2.45) is 0 Å². The van der Waals surface area contributed by atoms with E-state index in [9.17, 15) is 0 Å². The van der Waals surface area contributed by atoms with Gasteiger partial charge in [-0.25, -0.2) is 5.10 Å². The number of aromatic amines is 1. The van der Waals surface area contributed by atoms with Gasteiger partial charge in [-0.15, -0.1) is 5.10 Å². The summed E-state index contributed by atoms with van der Waals surface area (Å²) in [6.45, 7) is 2.75. The van der Waals surface area contributed by atoms with E-state index in [2.05, 4.69) is 63.9 Å². The van der Waals surface area contributed by atoms with Crippen molar-refractivity contribution in [1.29, 1.82) is 0 Å². The van der Waals surface area contributed by atoms with Gasteiger partial charge in [-0.2, -0.15) is 0 Å². The molecule has 6 heteroatoms. The lowest BCUT2D eigenvalue weighted by atomic mass is 9.94. The van der Waals surface area contributed by atoms with Crippen molar-refractivity contribution >= 4 is 0 Å². The molecule has 0 aliphatic heterocycles. The van der Waals surface area contributed by atoms with Crippen LogP contribution in [0.25, 0.3) is 22.5 Å². The molecule has 2 aromatic heterocycles. The third kappa shape index (κ3) is 4.26. The Labute approximate surface area is 188 Å². The Morgan fingerprint density at radius 3 is 2.56 bits per heavy atom. The van der Waals surface area contributed by atoms with Crippen LogP contribution in [0.1, 0.15) is 48.7 Å². The highest BCUT2D eigenvalue weighted by Crippen LogP contribution is 2.32. The van der Waals surface area contributed by atoms with Gasteiger partial charge >= 0.3 is 0 Å². The van der Waals surface area contributed by atoms with Crippen molar-refractivity contribution in [2.75, 3.05) is 0 Å². The van der Waals surface area contributed by atoms with Crippen molar-refractivity contribution in [1.82, 2.24) is 25.6 Å². The van der Waals surface area contributed by atoms with Gasteiger partial charge in [0, 0.05) is 28.6 Å². The Bertz CT molecular complexity index is 1190. The molecule has 0 radical (unpaired) electrons. The number of hydrogen-bond donors (Lipinski definition) is 1. The molecule has 0 unspecified atom stereocenters. The number of ether oxygens (including phenoxy) is 1. The van der Waals surface area contributed by atoms with Gasteiger partial charge in [0.1, 0.15) is 12.4 Å². The van der Waals surface area contributed by atoms with Crippen LogP contribution in [0.4, 0.5) is 0 Å². The standard InChI is InChI=1S/C26H27N5O/c1-2-7-20-16-25(23-10-5-6-11-24(23)27-20)32-17-18-12-14-19(15-13-18)21-8-3-4-9-22(21)26-28-30-31-29-26/h3-4,8-9,12-16H,2,5-7,10-11,17H2,1H3,(H,28,29,30,31). The third-order valence-corrected chi connectivity index (χ3v) is 6.01. The van der Waals surface area contributed by atoms with Gasteiger partial charge in [0.2, 0.25) is 0 Å². The molecule has 5 rings (SSSR count). The first kappa shape index (κ1) is 20.4. The summed E-state index contributed by atoms with van der Waals surface area (Å²) in [4.78, 5) is 4.90. The average molecular weight is 426 g/mol. The predicted molar refractivity (Wildman–Crippen MR) is 124 cm³/mol. The number of hydrogen-bond acceptors (Lipinski definition) is 5. The van der Waals surface area contributed by atoms with Crippen LogP contribution in [0.5, 0.6) is 5.75 Å². The average Bonchev–Trinajstić information content (AvgIpc) is 3.38. The van der Waals surface area contributed by atoms with Gasteiger partial charge in [-0.1, -0.05) is 61.9 Å². The van der Waals surface area contributed by atoms with E-state index in [-0.39, 0.29) is 0 Å². The number of fused-ring (bicyclic) bond motifs is 1. The SMILES string of the molecule is CCCc1cc(OCc2ccc(-c3ccccc3-c3nnn[nH]3)cc2)c2c(n1)CCCC2. The molecule has 2 heterocycles. The van der Waals surface area contributed by atoms with E-state index in [1.54, 1.807) is 0 Å². The zero-order valence-corrected chi connectivity index (χ0v) is 18.3. The summed E-state index contributed by atoms with van der Waals surface area (Å²) in [7, 11) is 0. The number of pyridine rings is 1. The zero-order chi connectivity index (χ0) is 21.8. The number of aryl methyl sites for hydroxylation is 2. The molecule has 0 amide bonds. The number of nitrogens with one attached hydrogen (secondary N) is 1. The van der Waals surface area contributed by atoms with Gasteiger partial charge in [-0.05, 0) is 59.2 Å². The number of H-pyrrole nitrogens is 1. The minimum absolute atomic E-state index is 0.552. The van der Waals surface area contributed by atoms with Crippen molar-refractivity contribution in [3.63, 3.8) is 0 Å². The molecular weight excluding hydrogens is 398 g/mol. The Morgan fingerprint density at radius 2 is 1.78 bits per heavy atom. The summed E-state index contributed by atoms with van der Waals surface area (Å²) < 4.78 is 6.33. The number of nitrogens with zero attached hydrogens (tertiary/aromatic N) is 4. The number of tetrazole rings is 1. The van der Waals surface area contributed by atoms with Gasteiger partial charge in [0.05, 0.1) is 0 Å². The van der Waals surface area contributed by atoms with Crippen LogP contribution in [0.2, 0.25) is 0 Å². The van der Waals surface area contributed by atoms with E-state index in [1.165, 1.54) is 24.1 Å².